The summed E-state index contributed by atoms with van der Waals surface area (Å²) in [6, 6.07) is 2.65. The Kier molecular flexibility index (Phi) is 2.67. The molecule has 0 aliphatic rings. The summed E-state index contributed by atoms with van der Waals surface area (Å²) in [4.78, 5) is 2.91. The van der Waals surface area contributed by atoms with Crippen LogP contribution in [-0.4, -0.2) is 11.2 Å². The fraction of sp³-hybridized carbons (Fsp3) is 0.286. The molecule has 14 heavy (non-hydrogen) atoms. The highest BCUT2D eigenvalue weighted by Gasteiger charge is 2.59. The van der Waals surface area contributed by atoms with Gasteiger partial charge in [0.05, 0.1) is 0 Å². The van der Waals surface area contributed by atoms with Crippen LogP contribution in [0.25, 0.3) is 0 Å². The number of hydrogen-bond acceptors (Lipinski definition) is 1. The predicted molar refractivity (Wildman–Crippen MR) is 39.2 cm³/mol. The largest absolute Gasteiger partial charge is 0.459 e. The summed E-state index contributed by atoms with van der Waals surface area (Å²) >= 11 is 5.19. The van der Waals surface area contributed by atoms with Gasteiger partial charge < -0.3 is 0 Å². The van der Waals surface area contributed by atoms with E-state index in [2.05, 4.69) is 4.98 Å². The summed E-state index contributed by atoms with van der Waals surface area (Å²) in [6.45, 7) is 0. The predicted octanol–water partition coefficient (Wildman–Crippen LogP) is 3.39. The van der Waals surface area contributed by atoms with E-state index in [1.165, 1.54) is 0 Å². The van der Waals surface area contributed by atoms with Gasteiger partial charge in [-0.05, 0) is 12.1 Å². The van der Waals surface area contributed by atoms with E-state index in [1.54, 1.807) is 0 Å². The zero-order chi connectivity index (χ0) is 11.0. The van der Waals surface area contributed by atoms with Gasteiger partial charge in [-0.25, -0.2) is 4.98 Å². The third kappa shape index (κ3) is 1.95. The van der Waals surface area contributed by atoms with Gasteiger partial charge in [-0.1, -0.05) is 17.7 Å². The number of halogens is 6. The molecule has 0 unspecified atom stereocenters. The number of pyridine rings is 1. The summed E-state index contributed by atoms with van der Waals surface area (Å²) in [5, 5.41) is -0.411. The Morgan fingerprint density at radius 1 is 1.07 bits per heavy atom. The van der Waals surface area contributed by atoms with Gasteiger partial charge in [-0.15, -0.1) is 0 Å². The minimum atomic E-state index is -5.66. The molecule has 0 aromatic carbocycles. The summed E-state index contributed by atoms with van der Waals surface area (Å²) in [5.41, 5.74) is -1.41. The molecular formula is C7H3ClF5N. The molecule has 1 rings (SSSR count). The lowest BCUT2D eigenvalue weighted by atomic mass is 10.2. The van der Waals surface area contributed by atoms with E-state index in [1.807, 2.05) is 0 Å². The highest BCUT2D eigenvalue weighted by Crippen LogP contribution is 2.43. The van der Waals surface area contributed by atoms with E-state index in [9.17, 15) is 22.0 Å². The van der Waals surface area contributed by atoms with Crippen molar-refractivity contribution in [3.63, 3.8) is 0 Å². The van der Waals surface area contributed by atoms with Crippen LogP contribution in [0.2, 0.25) is 5.15 Å². The Balaban J connectivity index is 3.16. The van der Waals surface area contributed by atoms with E-state index >= 15 is 0 Å². The molecule has 0 aliphatic carbocycles. The van der Waals surface area contributed by atoms with Crippen molar-refractivity contribution in [1.29, 1.82) is 0 Å². The Morgan fingerprint density at radius 3 is 2.07 bits per heavy atom. The molecule has 0 N–H and O–H groups in total. The van der Waals surface area contributed by atoms with Crippen LogP contribution in [-0.2, 0) is 5.92 Å². The Labute approximate surface area is 80.5 Å². The molecule has 78 valence electrons. The summed E-state index contributed by atoms with van der Waals surface area (Å²) in [6.07, 6.45) is -5.66. The first-order chi connectivity index (χ1) is 6.25. The number of hydrogen-bond donors (Lipinski definition) is 0. The van der Waals surface area contributed by atoms with Gasteiger partial charge in [0.2, 0.25) is 0 Å². The molecule has 1 aromatic rings. The zero-order valence-corrected chi connectivity index (χ0v) is 7.20. The molecule has 1 heterocycles. The van der Waals surface area contributed by atoms with Crippen LogP contribution in [0.15, 0.2) is 18.2 Å². The van der Waals surface area contributed by atoms with Gasteiger partial charge in [0, 0.05) is 0 Å². The van der Waals surface area contributed by atoms with Crippen molar-refractivity contribution in [1.82, 2.24) is 4.98 Å². The van der Waals surface area contributed by atoms with Gasteiger partial charge in [-0.3, -0.25) is 0 Å². The second-order valence-corrected chi connectivity index (χ2v) is 2.80. The van der Waals surface area contributed by atoms with E-state index in [0.29, 0.717) is 6.07 Å². The maximum Gasteiger partial charge on any atom is 0.459 e. The molecule has 0 saturated heterocycles. The first kappa shape index (κ1) is 11.2. The number of alkyl halides is 5. The van der Waals surface area contributed by atoms with Crippen molar-refractivity contribution in [3.05, 3.63) is 29.0 Å². The molecule has 0 spiro atoms. The summed E-state index contributed by atoms with van der Waals surface area (Å²) in [5.74, 6) is -4.97. The lowest BCUT2D eigenvalue weighted by Crippen LogP contribution is -2.34. The van der Waals surface area contributed by atoms with Crippen LogP contribution in [0.1, 0.15) is 5.69 Å². The molecule has 0 amide bonds. The van der Waals surface area contributed by atoms with Crippen molar-refractivity contribution in [2.75, 3.05) is 0 Å². The highest BCUT2D eigenvalue weighted by atomic mass is 35.5. The summed E-state index contributed by atoms with van der Waals surface area (Å²) in [7, 11) is 0. The number of aromatic nitrogens is 1. The molecule has 0 aliphatic heterocycles. The fourth-order valence-electron chi connectivity index (χ4n) is 0.728. The van der Waals surface area contributed by atoms with Gasteiger partial charge in [-0.2, -0.15) is 22.0 Å². The highest BCUT2D eigenvalue weighted by molar-refractivity contribution is 6.29. The molecule has 0 bridgehead atoms. The zero-order valence-electron chi connectivity index (χ0n) is 6.45. The molecule has 0 fully saturated rings. The molecule has 1 aromatic heterocycles. The minimum Gasteiger partial charge on any atom is -0.234 e. The monoisotopic (exact) mass is 231 g/mol. The molecular weight excluding hydrogens is 229 g/mol. The molecule has 0 saturated carbocycles. The summed E-state index contributed by atoms with van der Waals surface area (Å²) < 4.78 is 60.6. The van der Waals surface area contributed by atoms with Gasteiger partial charge in [0.15, 0.2) is 0 Å². The van der Waals surface area contributed by atoms with Crippen molar-refractivity contribution in [2.24, 2.45) is 0 Å². The standard InChI is InChI=1S/C7H3ClF5N/c8-5-3-1-2-4(14-5)6(9,10)7(11,12)13/h1-3H. The molecule has 7 heteroatoms. The van der Waals surface area contributed by atoms with Crippen molar-refractivity contribution < 1.29 is 22.0 Å². The fourth-order valence-corrected chi connectivity index (χ4v) is 0.892. The second kappa shape index (κ2) is 3.34. The normalized spacial score (nSPS) is 13.0. The molecule has 0 radical (unpaired) electrons. The van der Waals surface area contributed by atoms with Gasteiger partial charge in [0.1, 0.15) is 10.8 Å². The van der Waals surface area contributed by atoms with Crippen LogP contribution in [0.5, 0.6) is 0 Å². The van der Waals surface area contributed by atoms with Crippen molar-refractivity contribution >= 4 is 11.6 Å². The van der Waals surface area contributed by atoms with Crippen molar-refractivity contribution in [3.8, 4) is 0 Å². The quantitative estimate of drug-likeness (QED) is 0.533. The Morgan fingerprint density at radius 2 is 1.64 bits per heavy atom. The number of nitrogens with zero attached hydrogens (tertiary/aromatic N) is 1. The first-order valence-corrected chi connectivity index (χ1v) is 3.70. The SMILES string of the molecule is FC(F)(F)C(F)(F)c1cccc(Cl)n1. The van der Waals surface area contributed by atoms with E-state index in [4.69, 9.17) is 11.6 Å². The average molecular weight is 232 g/mol. The third-order valence-corrected chi connectivity index (χ3v) is 1.60. The topological polar surface area (TPSA) is 12.9 Å². The van der Waals surface area contributed by atoms with E-state index in [-0.39, 0.29) is 0 Å². The first-order valence-electron chi connectivity index (χ1n) is 3.33. The van der Waals surface area contributed by atoms with Gasteiger partial charge in [0.25, 0.3) is 0 Å². The van der Waals surface area contributed by atoms with Crippen LogP contribution < -0.4 is 0 Å². The maximum atomic E-state index is 12.6. The lowest BCUT2D eigenvalue weighted by molar-refractivity contribution is -0.290. The maximum absolute atomic E-state index is 12.6. The Bertz CT molecular complexity index is 335. The second-order valence-electron chi connectivity index (χ2n) is 2.42. The smallest absolute Gasteiger partial charge is 0.234 e. The Hall–Kier alpha value is -0.910. The van der Waals surface area contributed by atoms with Crippen LogP contribution in [0, 0.1) is 0 Å². The van der Waals surface area contributed by atoms with Gasteiger partial charge >= 0.3 is 12.1 Å². The molecule has 0 atom stereocenters. The van der Waals surface area contributed by atoms with Crippen LogP contribution in [0.4, 0.5) is 22.0 Å². The van der Waals surface area contributed by atoms with Crippen molar-refractivity contribution in [2.45, 2.75) is 12.1 Å². The minimum absolute atomic E-state index is 0.411. The van der Waals surface area contributed by atoms with Crippen LogP contribution in [0.3, 0.4) is 0 Å². The lowest BCUT2D eigenvalue weighted by Gasteiger charge is -2.18. The molecule has 1 nitrogen and oxygen atoms in total. The van der Waals surface area contributed by atoms with E-state index in [0.717, 1.165) is 12.1 Å². The number of rotatable bonds is 1. The third-order valence-electron chi connectivity index (χ3n) is 1.39. The van der Waals surface area contributed by atoms with E-state index < -0.39 is 22.9 Å². The van der Waals surface area contributed by atoms with Crippen LogP contribution >= 0.6 is 11.6 Å². The average Bonchev–Trinajstić information content (AvgIpc) is 2.02.